The first-order valence-corrected chi connectivity index (χ1v) is 17.8. The molecular formula is C45H27N3O2S. The Balaban J connectivity index is 1.08. The van der Waals surface area contributed by atoms with E-state index in [1.807, 2.05) is 59.9 Å². The van der Waals surface area contributed by atoms with E-state index < -0.39 is 0 Å². The van der Waals surface area contributed by atoms with Crippen molar-refractivity contribution in [3.05, 3.63) is 168 Å². The van der Waals surface area contributed by atoms with Crippen molar-refractivity contribution in [3.8, 4) is 11.1 Å². The summed E-state index contributed by atoms with van der Waals surface area (Å²) < 4.78 is 15.2. The van der Waals surface area contributed by atoms with Crippen molar-refractivity contribution in [2.45, 2.75) is 6.17 Å². The molecule has 240 valence electrons. The zero-order valence-corrected chi connectivity index (χ0v) is 27.9. The summed E-state index contributed by atoms with van der Waals surface area (Å²) in [6.07, 6.45) is -0.338. The van der Waals surface area contributed by atoms with Gasteiger partial charge >= 0.3 is 0 Å². The van der Waals surface area contributed by atoms with Gasteiger partial charge in [-0.3, -0.25) is 0 Å². The van der Waals surface area contributed by atoms with E-state index in [1.54, 1.807) is 0 Å². The molecule has 0 amide bonds. The molecule has 0 saturated heterocycles. The van der Waals surface area contributed by atoms with Crippen LogP contribution in [-0.2, 0) is 0 Å². The smallest absolute Gasteiger partial charge is 0.160 e. The molecular weight excluding hydrogens is 647 g/mol. The highest BCUT2D eigenvalue weighted by atomic mass is 32.1. The second kappa shape index (κ2) is 11.0. The van der Waals surface area contributed by atoms with Gasteiger partial charge in [0.15, 0.2) is 5.84 Å². The molecule has 1 unspecified atom stereocenters. The zero-order chi connectivity index (χ0) is 33.5. The lowest BCUT2D eigenvalue weighted by Gasteiger charge is -2.24. The summed E-state index contributed by atoms with van der Waals surface area (Å²) >= 11 is 1.82. The summed E-state index contributed by atoms with van der Waals surface area (Å²) in [4.78, 5) is 10.5. The van der Waals surface area contributed by atoms with Crippen LogP contribution in [0.5, 0.6) is 0 Å². The van der Waals surface area contributed by atoms with Crippen LogP contribution in [0, 0.1) is 0 Å². The monoisotopic (exact) mass is 673 g/mol. The fourth-order valence-electron chi connectivity index (χ4n) is 7.49. The van der Waals surface area contributed by atoms with Crippen molar-refractivity contribution in [2.24, 2.45) is 9.98 Å². The lowest BCUT2D eigenvalue weighted by Crippen LogP contribution is -2.33. The summed E-state index contributed by atoms with van der Waals surface area (Å²) in [7, 11) is 0. The Morgan fingerprint density at radius 1 is 0.490 bits per heavy atom. The Bertz CT molecular complexity index is 3070. The lowest BCUT2D eigenvalue weighted by molar-refractivity contribution is 0.668. The van der Waals surface area contributed by atoms with E-state index in [9.17, 15) is 0 Å². The third kappa shape index (κ3) is 4.54. The zero-order valence-electron chi connectivity index (χ0n) is 27.1. The standard InChI is InChI=1S/C45H27N3O2S/c1-2-9-26(10-3-1)43-46-44(29-19-22-41-34(24-29)32-12-5-7-16-40(32)51-41)48-45(47-43)33-13-8-15-38-42(33)35-23-27(18-21-37(35)49-38)28-17-20-31-30-11-4-6-14-36(30)50-39(31)25-28/h1-25,44H,(H,46,47,48). The highest BCUT2D eigenvalue weighted by molar-refractivity contribution is 7.25. The summed E-state index contributed by atoms with van der Waals surface area (Å²) in [5.41, 5.74) is 8.56. The predicted molar refractivity (Wildman–Crippen MR) is 211 cm³/mol. The molecule has 0 bridgehead atoms. The molecule has 1 atom stereocenters. The van der Waals surface area contributed by atoms with Crippen LogP contribution >= 0.6 is 11.3 Å². The van der Waals surface area contributed by atoms with Crippen molar-refractivity contribution in [2.75, 3.05) is 0 Å². The first kappa shape index (κ1) is 28.3. The number of aliphatic imine (C=N–C) groups is 2. The second-order valence-electron chi connectivity index (χ2n) is 13.0. The Hall–Kier alpha value is -6.50. The van der Waals surface area contributed by atoms with Crippen LogP contribution in [0.3, 0.4) is 0 Å². The molecule has 51 heavy (non-hydrogen) atoms. The molecule has 0 radical (unpaired) electrons. The molecule has 7 aromatic carbocycles. The average Bonchev–Trinajstić information content (AvgIpc) is 3.88. The van der Waals surface area contributed by atoms with Gasteiger partial charge in [-0.2, -0.15) is 0 Å². The number of rotatable bonds is 4. The molecule has 5 nitrogen and oxygen atoms in total. The number of benzene rings is 7. The highest BCUT2D eigenvalue weighted by Gasteiger charge is 2.24. The number of fused-ring (bicyclic) bond motifs is 9. The number of hydrogen-bond donors (Lipinski definition) is 1. The molecule has 1 aliphatic heterocycles. The van der Waals surface area contributed by atoms with E-state index in [-0.39, 0.29) is 6.17 Å². The largest absolute Gasteiger partial charge is 0.456 e. The van der Waals surface area contributed by atoms with Gasteiger partial charge in [-0.15, -0.1) is 11.3 Å². The van der Waals surface area contributed by atoms with Crippen LogP contribution in [0.15, 0.2) is 170 Å². The minimum Gasteiger partial charge on any atom is -0.456 e. The Labute approximate surface area is 295 Å². The fraction of sp³-hybridized carbons (Fsp3) is 0.0222. The van der Waals surface area contributed by atoms with E-state index in [1.165, 1.54) is 20.2 Å². The summed E-state index contributed by atoms with van der Waals surface area (Å²) in [5, 5.41) is 10.4. The van der Waals surface area contributed by atoms with Crippen molar-refractivity contribution >= 4 is 87.1 Å². The maximum atomic E-state index is 6.45. The lowest BCUT2D eigenvalue weighted by atomic mass is 9.99. The molecule has 6 heteroatoms. The van der Waals surface area contributed by atoms with E-state index in [0.29, 0.717) is 5.84 Å². The van der Waals surface area contributed by atoms with Crippen LogP contribution in [0.2, 0.25) is 0 Å². The topological polar surface area (TPSA) is 63.0 Å². The third-order valence-electron chi connectivity index (χ3n) is 9.95. The quantitative estimate of drug-likeness (QED) is 0.202. The molecule has 10 aromatic rings. The Morgan fingerprint density at radius 3 is 2.16 bits per heavy atom. The van der Waals surface area contributed by atoms with Gasteiger partial charge in [0.25, 0.3) is 0 Å². The number of thiophene rings is 1. The maximum absolute atomic E-state index is 6.45. The van der Waals surface area contributed by atoms with E-state index >= 15 is 0 Å². The predicted octanol–water partition coefficient (Wildman–Crippen LogP) is 12.0. The minimum absolute atomic E-state index is 0.338. The maximum Gasteiger partial charge on any atom is 0.160 e. The normalized spacial score (nSPS) is 14.9. The fourth-order valence-corrected chi connectivity index (χ4v) is 8.58. The van der Waals surface area contributed by atoms with Crippen LogP contribution in [0.25, 0.3) is 75.2 Å². The molecule has 3 aromatic heterocycles. The van der Waals surface area contributed by atoms with Gasteiger partial charge < -0.3 is 14.2 Å². The number of nitrogens with zero attached hydrogens (tertiary/aromatic N) is 2. The van der Waals surface area contributed by atoms with Crippen molar-refractivity contribution in [3.63, 3.8) is 0 Å². The van der Waals surface area contributed by atoms with Gasteiger partial charge in [0, 0.05) is 52.8 Å². The molecule has 11 rings (SSSR count). The molecule has 0 saturated carbocycles. The number of para-hydroxylation sites is 1. The number of nitrogens with one attached hydrogen (secondary N) is 1. The van der Waals surface area contributed by atoms with E-state index in [2.05, 4.69) is 108 Å². The molecule has 4 heterocycles. The summed E-state index contributed by atoms with van der Waals surface area (Å²) in [6, 6.07) is 52.7. The first-order chi connectivity index (χ1) is 25.2. The Morgan fingerprint density at radius 2 is 1.22 bits per heavy atom. The molecule has 0 aliphatic carbocycles. The average molecular weight is 674 g/mol. The summed E-state index contributed by atoms with van der Waals surface area (Å²) in [5.74, 6) is 1.45. The van der Waals surface area contributed by atoms with Crippen LogP contribution in [-0.4, -0.2) is 11.7 Å². The van der Waals surface area contributed by atoms with Crippen molar-refractivity contribution in [1.29, 1.82) is 0 Å². The molecule has 1 N–H and O–H groups in total. The van der Waals surface area contributed by atoms with Gasteiger partial charge in [-0.05, 0) is 71.3 Å². The molecule has 0 spiro atoms. The highest BCUT2D eigenvalue weighted by Crippen LogP contribution is 2.39. The third-order valence-corrected chi connectivity index (χ3v) is 11.1. The van der Waals surface area contributed by atoms with E-state index in [0.717, 1.165) is 77.5 Å². The SMILES string of the molecule is c1ccc(C2=NC(c3cccc4oc5ccc(-c6ccc7c(c6)oc6ccccc67)cc5c34)=NC(c3ccc4sc5ccccc5c4c3)N2)cc1. The second-order valence-corrected chi connectivity index (χ2v) is 14.1. The van der Waals surface area contributed by atoms with Crippen LogP contribution < -0.4 is 5.32 Å². The number of amidine groups is 2. The van der Waals surface area contributed by atoms with Gasteiger partial charge in [-0.1, -0.05) is 97.1 Å². The minimum atomic E-state index is -0.338. The number of hydrogen-bond acceptors (Lipinski definition) is 6. The van der Waals surface area contributed by atoms with Gasteiger partial charge in [0.1, 0.15) is 34.3 Å². The van der Waals surface area contributed by atoms with Crippen LogP contribution in [0.4, 0.5) is 0 Å². The first-order valence-electron chi connectivity index (χ1n) is 17.0. The molecule has 1 aliphatic rings. The number of furan rings is 2. The van der Waals surface area contributed by atoms with Crippen molar-refractivity contribution < 1.29 is 8.83 Å². The Kier molecular flexibility index (Phi) is 6.12. The summed E-state index contributed by atoms with van der Waals surface area (Å²) in [6.45, 7) is 0. The van der Waals surface area contributed by atoms with Gasteiger partial charge in [0.2, 0.25) is 0 Å². The van der Waals surface area contributed by atoms with Crippen molar-refractivity contribution in [1.82, 2.24) is 5.32 Å². The van der Waals surface area contributed by atoms with E-state index in [4.69, 9.17) is 18.8 Å². The van der Waals surface area contributed by atoms with Crippen LogP contribution in [0.1, 0.15) is 22.9 Å². The van der Waals surface area contributed by atoms with Gasteiger partial charge in [0.05, 0.1) is 0 Å². The van der Waals surface area contributed by atoms with Gasteiger partial charge in [-0.25, -0.2) is 9.98 Å². The molecule has 0 fully saturated rings.